The molecule has 0 spiro atoms. The van der Waals surface area contributed by atoms with Crippen LogP contribution in [0, 0.1) is 0 Å². The molecule has 1 heteroatoms. The third kappa shape index (κ3) is 1.25. The van der Waals surface area contributed by atoms with Gasteiger partial charge in [0, 0.05) is 11.5 Å². The molecule has 0 unspecified atom stereocenters. The summed E-state index contributed by atoms with van der Waals surface area (Å²) in [5, 5.41) is 6.14. The molecule has 84 valence electrons. The monoisotopic (exact) mass is 231 g/mol. The van der Waals surface area contributed by atoms with E-state index in [0.29, 0.717) is 0 Å². The van der Waals surface area contributed by atoms with Crippen LogP contribution in [-0.2, 0) is 0 Å². The van der Waals surface area contributed by atoms with Crippen LogP contribution >= 0.6 is 0 Å². The average molecular weight is 231 g/mol. The normalized spacial score (nSPS) is 11.3. The second-order valence-corrected chi connectivity index (χ2v) is 4.48. The lowest BCUT2D eigenvalue weighted by atomic mass is 10.0. The van der Waals surface area contributed by atoms with Crippen LogP contribution in [0.2, 0.25) is 0 Å². The van der Waals surface area contributed by atoms with E-state index >= 15 is 0 Å². The number of hydrogen-bond acceptors (Lipinski definition) is 0. The van der Waals surface area contributed by atoms with E-state index in [9.17, 15) is 0 Å². The number of hydrogen-bond donors (Lipinski definition) is 0. The lowest BCUT2D eigenvalue weighted by Gasteiger charge is -2.02. The van der Waals surface area contributed by atoms with Crippen molar-refractivity contribution in [2.75, 3.05) is 0 Å². The maximum absolute atomic E-state index is 5.67. The molecule has 0 radical (unpaired) electrons. The van der Waals surface area contributed by atoms with Crippen molar-refractivity contribution in [3.63, 3.8) is 0 Å². The fourth-order valence-electron chi connectivity index (χ4n) is 2.59. The minimum Gasteiger partial charge on any atom is -0.215 e. The maximum Gasteiger partial charge on any atom is 0.360 e. The summed E-state index contributed by atoms with van der Waals surface area (Å²) >= 11 is 0. The quantitative estimate of drug-likeness (QED) is 0.305. The van der Waals surface area contributed by atoms with Gasteiger partial charge in [0.15, 0.2) is 0 Å². The third-order valence-electron chi connectivity index (χ3n) is 3.43. The SMILES string of the molecule is c1ccc2c(c1)ccc1c[o+]c3ccccc3c12. The van der Waals surface area contributed by atoms with Gasteiger partial charge in [-0.25, -0.2) is 4.42 Å². The van der Waals surface area contributed by atoms with Crippen molar-refractivity contribution in [1.82, 2.24) is 0 Å². The zero-order valence-electron chi connectivity index (χ0n) is 9.76. The van der Waals surface area contributed by atoms with Gasteiger partial charge in [0.2, 0.25) is 0 Å². The average Bonchev–Trinajstić information content (AvgIpc) is 2.46. The Morgan fingerprint density at radius 3 is 2.28 bits per heavy atom. The second-order valence-electron chi connectivity index (χ2n) is 4.48. The molecule has 0 amide bonds. The molecule has 1 nitrogen and oxygen atoms in total. The molecular formula is C17H11O+. The van der Waals surface area contributed by atoms with Crippen LogP contribution in [0.15, 0.2) is 71.3 Å². The second kappa shape index (κ2) is 3.54. The summed E-state index contributed by atoms with van der Waals surface area (Å²) < 4.78 is 5.67. The van der Waals surface area contributed by atoms with Gasteiger partial charge >= 0.3 is 11.8 Å². The van der Waals surface area contributed by atoms with Gasteiger partial charge in [-0.2, -0.15) is 0 Å². The first-order valence-corrected chi connectivity index (χ1v) is 6.04. The van der Waals surface area contributed by atoms with Gasteiger partial charge in [0.05, 0.1) is 10.8 Å². The third-order valence-corrected chi connectivity index (χ3v) is 3.43. The minimum absolute atomic E-state index is 0.932. The Kier molecular flexibility index (Phi) is 1.89. The van der Waals surface area contributed by atoms with Crippen molar-refractivity contribution in [3.05, 3.63) is 66.9 Å². The lowest BCUT2D eigenvalue weighted by Crippen LogP contribution is -1.80. The van der Waals surface area contributed by atoms with E-state index in [1.807, 2.05) is 18.4 Å². The van der Waals surface area contributed by atoms with Crippen molar-refractivity contribution in [2.24, 2.45) is 0 Å². The van der Waals surface area contributed by atoms with Gasteiger partial charge in [-0.15, -0.1) is 0 Å². The van der Waals surface area contributed by atoms with Crippen molar-refractivity contribution in [1.29, 1.82) is 0 Å². The number of para-hydroxylation sites is 1. The maximum atomic E-state index is 5.67. The van der Waals surface area contributed by atoms with E-state index < -0.39 is 0 Å². The Morgan fingerprint density at radius 2 is 1.33 bits per heavy atom. The summed E-state index contributed by atoms with van der Waals surface area (Å²) in [7, 11) is 0. The molecule has 0 fully saturated rings. The van der Waals surface area contributed by atoms with E-state index in [1.54, 1.807) is 0 Å². The number of rotatable bonds is 0. The van der Waals surface area contributed by atoms with Crippen LogP contribution in [0.5, 0.6) is 0 Å². The molecule has 1 aromatic heterocycles. The fraction of sp³-hybridized carbons (Fsp3) is 0. The molecule has 0 aliphatic carbocycles. The van der Waals surface area contributed by atoms with Gasteiger partial charge in [-0.05, 0) is 22.9 Å². The molecule has 0 saturated heterocycles. The Labute approximate surface area is 104 Å². The standard InChI is InChI=1S/C17H11O/c1-2-6-14-12(5-1)9-10-13-11-18-16-8-4-3-7-15(16)17(13)14/h1-11H/q+1. The smallest absolute Gasteiger partial charge is 0.215 e. The molecule has 1 heterocycles. The molecule has 0 atom stereocenters. The van der Waals surface area contributed by atoms with Crippen LogP contribution in [0.4, 0.5) is 0 Å². The van der Waals surface area contributed by atoms with Crippen LogP contribution < -0.4 is 0 Å². The van der Waals surface area contributed by atoms with Crippen molar-refractivity contribution >= 4 is 32.5 Å². The van der Waals surface area contributed by atoms with E-state index in [-0.39, 0.29) is 0 Å². The molecule has 3 aromatic carbocycles. The van der Waals surface area contributed by atoms with Gasteiger partial charge in [0.25, 0.3) is 0 Å². The van der Waals surface area contributed by atoms with Crippen LogP contribution in [0.3, 0.4) is 0 Å². The predicted molar refractivity (Wildman–Crippen MR) is 75.6 cm³/mol. The van der Waals surface area contributed by atoms with Gasteiger partial charge in [-0.1, -0.05) is 42.5 Å². The summed E-state index contributed by atoms with van der Waals surface area (Å²) in [6, 6.07) is 20.9. The molecule has 0 bridgehead atoms. The molecule has 4 aromatic rings. The van der Waals surface area contributed by atoms with Gasteiger partial charge in [0.1, 0.15) is 0 Å². The van der Waals surface area contributed by atoms with Crippen LogP contribution in [0.25, 0.3) is 32.5 Å². The first kappa shape index (κ1) is 9.60. The molecule has 4 rings (SSSR count). The van der Waals surface area contributed by atoms with Crippen LogP contribution in [0.1, 0.15) is 0 Å². The first-order chi connectivity index (χ1) is 8.93. The highest BCUT2D eigenvalue weighted by atomic mass is 16.3. The largest absolute Gasteiger partial charge is 0.360 e. The summed E-state index contributed by atoms with van der Waals surface area (Å²) in [5.74, 6) is 0. The van der Waals surface area contributed by atoms with E-state index in [2.05, 4.69) is 48.5 Å². The van der Waals surface area contributed by atoms with E-state index in [1.165, 1.54) is 21.5 Å². The molecule has 18 heavy (non-hydrogen) atoms. The molecule has 0 N–H and O–H groups in total. The van der Waals surface area contributed by atoms with Gasteiger partial charge in [-0.3, -0.25) is 0 Å². The summed E-state index contributed by atoms with van der Waals surface area (Å²) in [6.07, 6.45) is 1.84. The highest BCUT2D eigenvalue weighted by Crippen LogP contribution is 2.31. The molecule has 0 aliphatic heterocycles. The van der Waals surface area contributed by atoms with Gasteiger partial charge < -0.3 is 0 Å². The van der Waals surface area contributed by atoms with E-state index in [4.69, 9.17) is 4.42 Å². The van der Waals surface area contributed by atoms with Crippen molar-refractivity contribution in [2.45, 2.75) is 0 Å². The fourth-order valence-corrected chi connectivity index (χ4v) is 2.59. The summed E-state index contributed by atoms with van der Waals surface area (Å²) in [4.78, 5) is 0. The zero-order chi connectivity index (χ0) is 11.9. The molecule has 0 saturated carbocycles. The molecule has 0 aliphatic rings. The highest BCUT2D eigenvalue weighted by molar-refractivity contribution is 6.18. The number of benzene rings is 3. The Hall–Kier alpha value is -2.41. The Morgan fingerprint density at radius 1 is 0.611 bits per heavy atom. The lowest BCUT2D eigenvalue weighted by molar-refractivity contribution is 0.611. The summed E-state index contributed by atoms with van der Waals surface area (Å²) in [6.45, 7) is 0. The Bertz CT molecular complexity index is 807. The highest BCUT2D eigenvalue weighted by Gasteiger charge is 2.12. The number of fused-ring (bicyclic) bond motifs is 5. The first-order valence-electron chi connectivity index (χ1n) is 6.04. The van der Waals surface area contributed by atoms with Crippen molar-refractivity contribution < 1.29 is 4.42 Å². The Balaban J connectivity index is 2.38. The predicted octanol–water partition coefficient (Wildman–Crippen LogP) is 5.02. The van der Waals surface area contributed by atoms with Crippen molar-refractivity contribution in [3.8, 4) is 0 Å². The zero-order valence-corrected chi connectivity index (χ0v) is 9.76. The molecular weight excluding hydrogens is 220 g/mol. The minimum atomic E-state index is 0.932. The van der Waals surface area contributed by atoms with E-state index in [0.717, 1.165) is 11.0 Å². The summed E-state index contributed by atoms with van der Waals surface area (Å²) in [5.41, 5.74) is 0.932. The topological polar surface area (TPSA) is 11.3 Å². The van der Waals surface area contributed by atoms with Crippen LogP contribution in [-0.4, -0.2) is 0 Å².